The Bertz CT molecular complexity index is 1880. The molecule has 2 unspecified atom stereocenters. The first-order valence-electron chi connectivity index (χ1n) is 38.0. The summed E-state index contributed by atoms with van der Waals surface area (Å²) in [5.74, 6) is -1.37. The number of ether oxygens (including phenoxy) is 4. The number of phosphoric ester groups is 2. The first kappa shape index (κ1) is 90.5. The SMILES string of the molecule is CCCCCC/C=C\C=C/CCCCCCCC(=O)O[C@H](COC(=O)CCCCCCC)COP(=O)(O)OC[C@H](O)COP(=O)(O)OC[C@@H](COC(=O)CCCCCCCCCCCCCCCC(C)C)OC(=O)CCCCCCCCCCCCCCCCCCC. The van der Waals surface area contributed by atoms with Gasteiger partial charge in [0.2, 0.25) is 0 Å². The predicted octanol–water partition coefficient (Wildman–Crippen LogP) is 21.2. The van der Waals surface area contributed by atoms with Crippen molar-refractivity contribution in [3.05, 3.63) is 24.3 Å². The minimum Gasteiger partial charge on any atom is -0.462 e. The van der Waals surface area contributed by atoms with Crippen LogP contribution in [0.5, 0.6) is 0 Å². The molecule has 0 aromatic carbocycles. The van der Waals surface area contributed by atoms with Gasteiger partial charge in [0, 0.05) is 25.7 Å². The summed E-state index contributed by atoms with van der Waals surface area (Å²) in [5, 5.41) is 10.6. The Morgan fingerprint density at radius 1 is 0.333 bits per heavy atom. The highest BCUT2D eigenvalue weighted by Crippen LogP contribution is 2.45. The number of aliphatic hydroxyl groups is 1. The Balaban J connectivity index is 5.18. The molecular formula is C74H140O17P2. The number of aliphatic hydroxyl groups excluding tert-OH is 1. The molecule has 0 aliphatic heterocycles. The molecule has 0 radical (unpaired) electrons. The second-order valence-corrected chi connectivity index (χ2v) is 29.4. The molecule has 0 bridgehead atoms. The summed E-state index contributed by atoms with van der Waals surface area (Å²) < 4.78 is 68.2. The van der Waals surface area contributed by atoms with E-state index in [1.165, 1.54) is 167 Å². The van der Waals surface area contributed by atoms with E-state index in [2.05, 4.69) is 58.9 Å². The minimum absolute atomic E-state index is 0.0843. The number of phosphoric acid groups is 2. The zero-order valence-electron chi connectivity index (χ0n) is 59.9. The number of carbonyl (C=O) groups excluding carboxylic acids is 4. The number of allylic oxidation sites excluding steroid dienone is 4. The Morgan fingerprint density at radius 2 is 0.581 bits per heavy atom. The first-order valence-corrected chi connectivity index (χ1v) is 40.9. The van der Waals surface area contributed by atoms with E-state index in [1.807, 2.05) is 0 Å². The summed E-state index contributed by atoms with van der Waals surface area (Å²) in [6.07, 6.45) is 58.1. The summed E-state index contributed by atoms with van der Waals surface area (Å²) >= 11 is 0. The Labute approximate surface area is 567 Å². The average molecular weight is 1360 g/mol. The number of esters is 4. The lowest BCUT2D eigenvalue weighted by molar-refractivity contribution is -0.161. The van der Waals surface area contributed by atoms with Crippen LogP contribution >= 0.6 is 15.6 Å². The summed E-state index contributed by atoms with van der Waals surface area (Å²) in [5.41, 5.74) is 0. The quantitative estimate of drug-likeness (QED) is 0.0169. The molecule has 93 heavy (non-hydrogen) atoms. The zero-order valence-corrected chi connectivity index (χ0v) is 61.7. The van der Waals surface area contributed by atoms with Crippen molar-refractivity contribution in [3.8, 4) is 0 Å². The third-order valence-electron chi connectivity index (χ3n) is 16.7. The molecule has 3 N–H and O–H groups in total. The number of hydrogen-bond donors (Lipinski definition) is 3. The smallest absolute Gasteiger partial charge is 0.462 e. The molecule has 0 amide bonds. The van der Waals surface area contributed by atoms with E-state index in [1.54, 1.807) is 0 Å². The van der Waals surface area contributed by atoms with Crippen molar-refractivity contribution in [2.45, 2.75) is 380 Å². The second-order valence-electron chi connectivity index (χ2n) is 26.5. The van der Waals surface area contributed by atoms with Gasteiger partial charge in [-0.2, -0.15) is 0 Å². The summed E-state index contributed by atoms with van der Waals surface area (Å²) in [6.45, 7) is 7.14. The van der Waals surface area contributed by atoms with Crippen LogP contribution in [0.25, 0.3) is 0 Å². The lowest BCUT2D eigenvalue weighted by atomic mass is 10.0. The fourth-order valence-corrected chi connectivity index (χ4v) is 12.4. The van der Waals surface area contributed by atoms with Gasteiger partial charge in [0.05, 0.1) is 26.4 Å². The van der Waals surface area contributed by atoms with Crippen LogP contribution in [0.15, 0.2) is 24.3 Å². The van der Waals surface area contributed by atoms with Gasteiger partial charge >= 0.3 is 39.5 Å². The fourth-order valence-electron chi connectivity index (χ4n) is 10.8. The van der Waals surface area contributed by atoms with Gasteiger partial charge < -0.3 is 33.8 Å². The van der Waals surface area contributed by atoms with Crippen LogP contribution in [0.4, 0.5) is 0 Å². The van der Waals surface area contributed by atoms with Crippen molar-refractivity contribution in [1.82, 2.24) is 0 Å². The minimum atomic E-state index is -4.96. The van der Waals surface area contributed by atoms with Gasteiger partial charge in [-0.3, -0.25) is 37.3 Å². The molecule has 0 aliphatic carbocycles. The monoisotopic (exact) mass is 1360 g/mol. The van der Waals surface area contributed by atoms with Crippen LogP contribution in [-0.4, -0.2) is 96.7 Å². The maximum absolute atomic E-state index is 13.0. The molecule has 0 aliphatic rings. The molecule has 19 heteroatoms. The van der Waals surface area contributed by atoms with E-state index in [0.717, 1.165) is 115 Å². The predicted molar refractivity (Wildman–Crippen MR) is 377 cm³/mol. The van der Waals surface area contributed by atoms with Gasteiger partial charge in [0.1, 0.15) is 19.3 Å². The normalized spacial score (nSPS) is 14.2. The van der Waals surface area contributed by atoms with E-state index in [-0.39, 0.29) is 25.7 Å². The molecule has 17 nitrogen and oxygen atoms in total. The van der Waals surface area contributed by atoms with Gasteiger partial charge in [-0.25, -0.2) is 9.13 Å². The second kappa shape index (κ2) is 66.8. The van der Waals surface area contributed by atoms with Gasteiger partial charge in [-0.15, -0.1) is 0 Å². The molecule has 548 valence electrons. The lowest BCUT2D eigenvalue weighted by Crippen LogP contribution is -2.30. The van der Waals surface area contributed by atoms with Gasteiger partial charge in [0.25, 0.3) is 0 Å². The number of hydrogen-bond acceptors (Lipinski definition) is 15. The highest BCUT2D eigenvalue weighted by molar-refractivity contribution is 7.47. The molecule has 0 saturated carbocycles. The summed E-state index contributed by atoms with van der Waals surface area (Å²) in [4.78, 5) is 72.4. The number of carbonyl (C=O) groups is 4. The lowest BCUT2D eigenvalue weighted by Gasteiger charge is -2.21. The molecule has 0 spiro atoms. The molecule has 0 aromatic rings. The van der Waals surface area contributed by atoms with Gasteiger partial charge in [-0.05, 0) is 57.3 Å². The maximum atomic E-state index is 13.0. The topological polar surface area (TPSA) is 237 Å². The molecule has 0 aromatic heterocycles. The van der Waals surface area contributed by atoms with Crippen molar-refractivity contribution in [1.29, 1.82) is 0 Å². The highest BCUT2D eigenvalue weighted by Gasteiger charge is 2.30. The largest absolute Gasteiger partial charge is 0.472 e. The molecule has 5 atom stereocenters. The zero-order chi connectivity index (χ0) is 68.4. The van der Waals surface area contributed by atoms with Gasteiger partial charge in [0.15, 0.2) is 12.2 Å². The van der Waals surface area contributed by atoms with Crippen LogP contribution in [0, 0.1) is 5.92 Å². The van der Waals surface area contributed by atoms with E-state index >= 15 is 0 Å². The third-order valence-corrected chi connectivity index (χ3v) is 18.6. The van der Waals surface area contributed by atoms with Crippen molar-refractivity contribution in [2.24, 2.45) is 5.92 Å². The van der Waals surface area contributed by atoms with Crippen LogP contribution in [0.1, 0.15) is 362 Å². The van der Waals surface area contributed by atoms with Crippen LogP contribution < -0.4 is 0 Å². The van der Waals surface area contributed by atoms with Crippen molar-refractivity contribution in [2.75, 3.05) is 39.6 Å². The molecule has 0 saturated heterocycles. The number of rotatable bonds is 72. The van der Waals surface area contributed by atoms with Crippen LogP contribution in [0.3, 0.4) is 0 Å². The van der Waals surface area contributed by atoms with Crippen molar-refractivity contribution in [3.63, 3.8) is 0 Å². The molecule has 0 fully saturated rings. The van der Waals surface area contributed by atoms with E-state index in [9.17, 15) is 43.2 Å². The molecule has 0 heterocycles. The highest BCUT2D eigenvalue weighted by atomic mass is 31.2. The maximum Gasteiger partial charge on any atom is 0.472 e. The fraction of sp³-hybridized carbons (Fsp3) is 0.892. The van der Waals surface area contributed by atoms with Crippen molar-refractivity contribution < 1.29 is 80.2 Å². The third kappa shape index (κ3) is 67.9. The first-order chi connectivity index (χ1) is 45.0. The van der Waals surface area contributed by atoms with Crippen molar-refractivity contribution >= 4 is 39.5 Å². The number of unbranched alkanes of at least 4 members (excludes halogenated alkanes) is 41. The Hall–Kier alpha value is -2.46. The summed E-state index contributed by atoms with van der Waals surface area (Å²) in [7, 11) is -9.91. The van der Waals surface area contributed by atoms with Gasteiger partial charge in [-0.1, -0.05) is 309 Å². The molecule has 0 rings (SSSR count). The van der Waals surface area contributed by atoms with E-state index in [0.29, 0.717) is 25.7 Å². The van der Waals surface area contributed by atoms with E-state index < -0.39 is 97.5 Å². The Morgan fingerprint density at radius 3 is 0.882 bits per heavy atom. The molecular weight excluding hydrogens is 1220 g/mol. The average Bonchev–Trinajstić information content (AvgIpc) is 2.15. The standard InChI is InChI=1S/C74H140O17P2/c1-6-9-12-15-17-19-21-23-25-26-28-32-37-41-45-50-55-60-74(79)91-70(64-85-72(77)58-53-48-43-39-35-33-29-30-34-38-42-47-51-56-67(4)5)66-89-93(82,83)87-62-68(75)61-86-92(80,81)88-65-69(63-84-71(76)57-52-46-14-11-8-3)90-73(78)59-54-49-44-40-36-31-27-24-22-20-18-16-13-10-7-2/h20,22,24,27,67-70,75H,6-19,21,23,25-26,28-66H2,1-5H3,(H,80,81)(H,82,83)/b22-20-,27-24-/t68-,69+,70+/m0/s1. The van der Waals surface area contributed by atoms with Crippen LogP contribution in [0.2, 0.25) is 0 Å². The Kier molecular flexibility index (Phi) is 65.0. The summed E-state index contributed by atoms with van der Waals surface area (Å²) in [6, 6.07) is 0. The van der Waals surface area contributed by atoms with E-state index in [4.69, 9.17) is 37.0 Å². The van der Waals surface area contributed by atoms with Crippen LogP contribution in [-0.2, 0) is 65.4 Å².